The molecule has 1 amide bonds. The molecule has 1 aliphatic rings. The van der Waals surface area contributed by atoms with Crippen molar-refractivity contribution < 1.29 is 13.6 Å². The van der Waals surface area contributed by atoms with Crippen LogP contribution in [0.15, 0.2) is 0 Å². The smallest absolute Gasteiger partial charge is 0.265 e. The van der Waals surface area contributed by atoms with Gasteiger partial charge in [-0.2, -0.15) is 0 Å². The molecule has 0 aliphatic heterocycles. The van der Waals surface area contributed by atoms with E-state index < -0.39 is 18.9 Å². The first kappa shape index (κ1) is 12.0. The van der Waals surface area contributed by atoms with Crippen molar-refractivity contribution in [2.75, 3.05) is 17.6 Å². The van der Waals surface area contributed by atoms with E-state index in [9.17, 15) is 13.6 Å². The molecule has 5 nitrogen and oxygen atoms in total. The lowest BCUT2D eigenvalue weighted by Gasteiger charge is -2.01. The molecule has 0 saturated heterocycles. The Labute approximate surface area is 100 Å². The highest BCUT2D eigenvalue weighted by Crippen LogP contribution is 2.30. The van der Waals surface area contributed by atoms with Crippen LogP contribution >= 0.6 is 11.3 Å². The number of alkyl halides is 2. The topological polar surface area (TPSA) is 80.0 Å². The minimum absolute atomic E-state index is 0.0740. The van der Waals surface area contributed by atoms with Gasteiger partial charge in [0.25, 0.3) is 12.3 Å². The first-order chi connectivity index (χ1) is 8.06. The minimum atomic E-state index is -2.57. The Bertz CT molecular complexity index is 419. The van der Waals surface area contributed by atoms with Gasteiger partial charge in [0.2, 0.25) is 0 Å². The first-order valence-corrected chi connectivity index (χ1v) is 5.97. The number of nitrogens with two attached hydrogens (primary N) is 1. The number of nitrogens with zero attached hydrogens (tertiary/aromatic N) is 1. The Kier molecular flexibility index (Phi) is 3.41. The lowest BCUT2D eigenvalue weighted by molar-refractivity contribution is 0.0896. The van der Waals surface area contributed by atoms with Gasteiger partial charge in [0.1, 0.15) is 10.7 Å². The average Bonchev–Trinajstić information content (AvgIpc) is 2.98. The van der Waals surface area contributed by atoms with Gasteiger partial charge in [0.05, 0.1) is 6.54 Å². The number of carbonyl (C=O) groups is 1. The highest BCUT2D eigenvalue weighted by Gasteiger charge is 2.24. The standard InChI is InChI=1S/C9H12F2N4OS/c10-5(11)3-13-8(16)6-7(12)15-9(17-6)14-4-1-2-4/h4-5H,1-3,12H2,(H,13,16)(H,14,15). The Morgan fingerprint density at radius 3 is 2.88 bits per heavy atom. The molecule has 1 heterocycles. The van der Waals surface area contributed by atoms with Gasteiger partial charge in [0, 0.05) is 6.04 Å². The third kappa shape index (κ3) is 3.26. The van der Waals surface area contributed by atoms with Gasteiger partial charge in [-0.1, -0.05) is 11.3 Å². The number of nitrogen functional groups attached to an aromatic ring is 1. The van der Waals surface area contributed by atoms with E-state index in [0.29, 0.717) is 11.2 Å². The van der Waals surface area contributed by atoms with Gasteiger partial charge >= 0.3 is 0 Å². The summed E-state index contributed by atoms with van der Waals surface area (Å²) in [6, 6.07) is 0.400. The Morgan fingerprint density at radius 2 is 2.29 bits per heavy atom. The van der Waals surface area contributed by atoms with Crippen LogP contribution in [0.5, 0.6) is 0 Å². The number of amides is 1. The Hall–Kier alpha value is -1.44. The molecule has 0 bridgehead atoms. The number of anilines is 2. The second-order valence-corrected chi connectivity index (χ2v) is 4.75. The van der Waals surface area contributed by atoms with E-state index in [2.05, 4.69) is 15.6 Å². The van der Waals surface area contributed by atoms with E-state index in [0.717, 1.165) is 24.2 Å². The molecule has 1 aromatic heterocycles. The number of hydrogen-bond donors (Lipinski definition) is 3. The SMILES string of the molecule is Nc1nc(NC2CC2)sc1C(=O)NCC(F)F. The molecule has 4 N–H and O–H groups in total. The number of halogens is 2. The van der Waals surface area contributed by atoms with Gasteiger partial charge in [-0.05, 0) is 12.8 Å². The molecule has 0 aromatic carbocycles. The Morgan fingerprint density at radius 1 is 1.59 bits per heavy atom. The van der Waals surface area contributed by atoms with Crippen LogP contribution in [-0.4, -0.2) is 29.9 Å². The van der Waals surface area contributed by atoms with Gasteiger partial charge in [0.15, 0.2) is 5.13 Å². The van der Waals surface area contributed by atoms with E-state index in [1.54, 1.807) is 0 Å². The fourth-order valence-electron chi connectivity index (χ4n) is 1.21. The van der Waals surface area contributed by atoms with Crippen molar-refractivity contribution in [1.29, 1.82) is 0 Å². The molecule has 1 aromatic rings. The van der Waals surface area contributed by atoms with Crippen LogP contribution in [-0.2, 0) is 0 Å². The predicted molar refractivity (Wildman–Crippen MR) is 61.5 cm³/mol. The van der Waals surface area contributed by atoms with Crippen molar-refractivity contribution in [2.45, 2.75) is 25.3 Å². The van der Waals surface area contributed by atoms with Crippen molar-refractivity contribution in [3.8, 4) is 0 Å². The first-order valence-electron chi connectivity index (χ1n) is 5.15. The number of rotatable bonds is 5. The molecular weight excluding hydrogens is 250 g/mol. The second-order valence-electron chi connectivity index (χ2n) is 3.75. The maximum absolute atomic E-state index is 11.9. The molecule has 2 rings (SSSR count). The lowest BCUT2D eigenvalue weighted by atomic mass is 10.4. The van der Waals surface area contributed by atoms with Crippen LogP contribution in [0, 0.1) is 0 Å². The van der Waals surface area contributed by atoms with Crippen molar-refractivity contribution >= 4 is 28.2 Å². The number of thiazole rings is 1. The molecule has 1 saturated carbocycles. The number of nitrogens with one attached hydrogen (secondary N) is 2. The summed E-state index contributed by atoms with van der Waals surface area (Å²) < 4.78 is 23.9. The lowest BCUT2D eigenvalue weighted by Crippen LogP contribution is -2.28. The molecule has 1 fully saturated rings. The summed E-state index contributed by atoms with van der Waals surface area (Å²) in [7, 11) is 0. The third-order valence-corrected chi connectivity index (χ3v) is 3.18. The minimum Gasteiger partial charge on any atom is -0.382 e. The predicted octanol–water partition coefficient (Wildman–Crippen LogP) is 1.29. The average molecular weight is 262 g/mol. The largest absolute Gasteiger partial charge is 0.382 e. The number of carbonyl (C=O) groups excluding carboxylic acids is 1. The summed E-state index contributed by atoms with van der Waals surface area (Å²) in [5.41, 5.74) is 5.56. The van der Waals surface area contributed by atoms with Gasteiger partial charge < -0.3 is 16.4 Å². The monoisotopic (exact) mass is 262 g/mol. The van der Waals surface area contributed by atoms with E-state index in [-0.39, 0.29) is 10.7 Å². The maximum Gasteiger partial charge on any atom is 0.265 e. The second kappa shape index (κ2) is 4.82. The van der Waals surface area contributed by atoms with Gasteiger partial charge in [-0.3, -0.25) is 4.79 Å². The molecule has 0 atom stereocenters. The molecule has 1 aliphatic carbocycles. The van der Waals surface area contributed by atoms with E-state index in [1.807, 2.05) is 0 Å². The molecule has 94 valence electrons. The summed E-state index contributed by atoms with van der Waals surface area (Å²) in [6.07, 6.45) is -0.420. The van der Waals surface area contributed by atoms with Crippen LogP contribution in [0.25, 0.3) is 0 Å². The summed E-state index contributed by atoms with van der Waals surface area (Å²) >= 11 is 1.08. The van der Waals surface area contributed by atoms with Gasteiger partial charge in [-0.25, -0.2) is 13.8 Å². The summed E-state index contributed by atoms with van der Waals surface area (Å²) in [6.45, 7) is -0.679. The van der Waals surface area contributed by atoms with E-state index >= 15 is 0 Å². The zero-order valence-corrected chi connectivity index (χ0v) is 9.69. The van der Waals surface area contributed by atoms with E-state index in [1.165, 1.54) is 0 Å². The van der Waals surface area contributed by atoms with Crippen molar-refractivity contribution in [1.82, 2.24) is 10.3 Å². The quantitative estimate of drug-likeness (QED) is 0.747. The maximum atomic E-state index is 11.9. The highest BCUT2D eigenvalue weighted by atomic mass is 32.1. The van der Waals surface area contributed by atoms with Crippen LogP contribution in [0.3, 0.4) is 0 Å². The van der Waals surface area contributed by atoms with Crippen LogP contribution in [0.1, 0.15) is 22.5 Å². The van der Waals surface area contributed by atoms with Crippen molar-refractivity contribution in [3.05, 3.63) is 4.88 Å². The van der Waals surface area contributed by atoms with E-state index in [4.69, 9.17) is 5.73 Å². The third-order valence-electron chi connectivity index (χ3n) is 2.18. The van der Waals surface area contributed by atoms with Crippen LogP contribution < -0.4 is 16.4 Å². The molecule has 17 heavy (non-hydrogen) atoms. The molecule has 8 heteroatoms. The van der Waals surface area contributed by atoms with Crippen LogP contribution in [0.2, 0.25) is 0 Å². The Balaban J connectivity index is 1.98. The van der Waals surface area contributed by atoms with Crippen molar-refractivity contribution in [3.63, 3.8) is 0 Å². The number of hydrogen-bond acceptors (Lipinski definition) is 5. The van der Waals surface area contributed by atoms with Crippen molar-refractivity contribution in [2.24, 2.45) is 0 Å². The van der Waals surface area contributed by atoms with Gasteiger partial charge in [-0.15, -0.1) is 0 Å². The summed E-state index contributed by atoms with van der Waals surface area (Å²) in [4.78, 5) is 15.7. The zero-order chi connectivity index (χ0) is 12.4. The molecular formula is C9H12F2N4OS. The fraction of sp³-hybridized carbons (Fsp3) is 0.556. The summed E-state index contributed by atoms with van der Waals surface area (Å²) in [5, 5.41) is 5.75. The molecule has 0 unspecified atom stereocenters. The normalized spacial score (nSPS) is 15.0. The highest BCUT2D eigenvalue weighted by molar-refractivity contribution is 7.18. The van der Waals surface area contributed by atoms with Crippen LogP contribution in [0.4, 0.5) is 19.7 Å². The fourth-order valence-corrected chi connectivity index (χ4v) is 2.09. The molecule has 0 radical (unpaired) electrons. The molecule has 0 spiro atoms. The summed E-state index contributed by atoms with van der Waals surface area (Å²) in [5.74, 6) is -0.533. The number of aromatic nitrogens is 1. The zero-order valence-electron chi connectivity index (χ0n) is 8.87.